The first kappa shape index (κ1) is 12.0. The maximum atomic E-state index is 11.3. The number of ether oxygens (including phenoxy) is 1. The third-order valence-corrected chi connectivity index (χ3v) is 3.08. The van der Waals surface area contributed by atoms with Gasteiger partial charge in [-0.2, -0.15) is 5.26 Å². The molecule has 0 fully saturated rings. The second kappa shape index (κ2) is 5.60. The molecule has 0 heterocycles. The van der Waals surface area contributed by atoms with Crippen LogP contribution in [0.1, 0.15) is 20.3 Å². The summed E-state index contributed by atoms with van der Waals surface area (Å²) in [5.41, 5.74) is 0. The predicted octanol–water partition coefficient (Wildman–Crippen LogP) is 1.21. The van der Waals surface area contributed by atoms with Gasteiger partial charge in [-0.15, -0.1) is 0 Å². The van der Waals surface area contributed by atoms with Gasteiger partial charge in [-0.05, 0) is 13.3 Å². The Morgan fingerprint density at radius 2 is 2.15 bits per heavy atom. The van der Waals surface area contributed by atoms with Gasteiger partial charge in [0, 0.05) is 0 Å². The van der Waals surface area contributed by atoms with E-state index in [0.717, 1.165) is 6.26 Å². The molecule has 13 heavy (non-hydrogen) atoms. The molecule has 0 aromatic carbocycles. The molecule has 0 rings (SSSR count). The summed E-state index contributed by atoms with van der Waals surface area (Å²) < 4.78 is 27.3. The molecule has 0 atom stereocenters. The van der Waals surface area contributed by atoms with Crippen molar-refractivity contribution >= 4 is 9.84 Å². The molecule has 0 aliphatic rings. The minimum absolute atomic E-state index is 0.0144. The quantitative estimate of drug-likeness (QED) is 0.497. The monoisotopic (exact) mass is 203 g/mol. The van der Waals surface area contributed by atoms with Crippen molar-refractivity contribution < 1.29 is 13.2 Å². The topological polar surface area (TPSA) is 67.2 Å². The van der Waals surface area contributed by atoms with Crippen molar-refractivity contribution in [3.8, 4) is 6.07 Å². The van der Waals surface area contributed by atoms with E-state index in [0.29, 0.717) is 13.0 Å². The number of sulfone groups is 1. The summed E-state index contributed by atoms with van der Waals surface area (Å²) in [7, 11) is -3.42. The first-order valence-corrected chi connectivity index (χ1v) is 5.68. The number of rotatable bonds is 5. The highest BCUT2D eigenvalue weighted by molar-refractivity contribution is 7.95. The SMILES string of the molecule is CCCS(=O)(=O)C(C#N)=COCC. The van der Waals surface area contributed by atoms with Crippen molar-refractivity contribution in [1.29, 1.82) is 5.26 Å². The first-order valence-electron chi connectivity index (χ1n) is 4.03. The Morgan fingerprint density at radius 3 is 2.54 bits per heavy atom. The molecule has 0 N–H and O–H groups in total. The summed E-state index contributed by atoms with van der Waals surface area (Å²) in [5.74, 6) is -0.0144. The molecule has 0 radical (unpaired) electrons. The maximum Gasteiger partial charge on any atom is 0.191 e. The minimum Gasteiger partial charge on any atom is -0.499 e. The molecular formula is C8H13NO3S. The highest BCUT2D eigenvalue weighted by atomic mass is 32.2. The summed E-state index contributed by atoms with van der Waals surface area (Å²) in [6, 6.07) is 1.61. The van der Waals surface area contributed by atoms with Crippen molar-refractivity contribution in [2.45, 2.75) is 20.3 Å². The molecule has 74 valence electrons. The highest BCUT2D eigenvalue weighted by Gasteiger charge is 2.16. The molecule has 0 bridgehead atoms. The Labute approximate surface area is 78.7 Å². The lowest BCUT2D eigenvalue weighted by Gasteiger charge is -2.00. The number of nitriles is 1. The Bertz CT molecular complexity index is 311. The zero-order chi connectivity index (χ0) is 10.3. The van der Waals surface area contributed by atoms with Crippen LogP contribution in [0.15, 0.2) is 11.2 Å². The third-order valence-electron chi connectivity index (χ3n) is 1.28. The van der Waals surface area contributed by atoms with Crippen LogP contribution in [0.5, 0.6) is 0 Å². The molecule has 0 aromatic rings. The van der Waals surface area contributed by atoms with Crippen molar-refractivity contribution in [3.05, 3.63) is 11.2 Å². The van der Waals surface area contributed by atoms with E-state index in [1.54, 1.807) is 19.9 Å². The molecule has 4 nitrogen and oxygen atoms in total. The Kier molecular flexibility index (Phi) is 5.16. The average Bonchev–Trinajstić information content (AvgIpc) is 2.05. The molecular weight excluding hydrogens is 190 g/mol. The van der Waals surface area contributed by atoms with Gasteiger partial charge < -0.3 is 4.74 Å². The van der Waals surface area contributed by atoms with Crippen molar-refractivity contribution in [3.63, 3.8) is 0 Å². The van der Waals surface area contributed by atoms with E-state index in [-0.39, 0.29) is 10.7 Å². The number of allylic oxidation sites excluding steroid dienone is 1. The molecule has 0 unspecified atom stereocenters. The van der Waals surface area contributed by atoms with Gasteiger partial charge in [-0.1, -0.05) is 6.92 Å². The fraction of sp³-hybridized carbons (Fsp3) is 0.625. The van der Waals surface area contributed by atoms with Gasteiger partial charge >= 0.3 is 0 Å². The zero-order valence-electron chi connectivity index (χ0n) is 7.78. The average molecular weight is 203 g/mol. The lowest BCUT2D eigenvalue weighted by Crippen LogP contribution is -2.07. The largest absolute Gasteiger partial charge is 0.499 e. The van der Waals surface area contributed by atoms with Gasteiger partial charge in [0.2, 0.25) is 0 Å². The van der Waals surface area contributed by atoms with Gasteiger partial charge in [0.25, 0.3) is 0 Å². The predicted molar refractivity (Wildman–Crippen MR) is 49.4 cm³/mol. The van der Waals surface area contributed by atoms with Crippen LogP contribution >= 0.6 is 0 Å². The fourth-order valence-electron chi connectivity index (χ4n) is 0.707. The van der Waals surface area contributed by atoms with E-state index in [1.165, 1.54) is 0 Å². The van der Waals surface area contributed by atoms with Crippen LogP contribution in [0.2, 0.25) is 0 Å². The highest BCUT2D eigenvalue weighted by Crippen LogP contribution is 2.07. The normalized spacial score (nSPS) is 12.2. The van der Waals surface area contributed by atoms with Crippen LogP contribution in [0.4, 0.5) is 0 Å². The minimum atomic E-state index is -3.42. The Hall–Kier alpha value is -1.02. The van der Waals surface area contributed by atoms with E-state index in [2.05, 4.69) is 0 Å². The Balaban J connectivity index is 4.70. The summed E-state index contributed by atoms with van der Waals surface area (Å²) in [6.45, 7) is 3.82. The van der Waals surface area contributed by atoms with E-state index in [9.17, 15) is 8.42 Å². The van der Waals surface area contributed by atoms with Gasteiger partial charge in [0.05, 0.1) is 12.4 Å². The van der Waals surface area contributed by atoms with Gasteiger partial charge in [-0.3, -0.25) is 0 Å². The first-order chi connectivity index (χ1) is 6.08. The van der Waals surface area contributed by atoms with E-state index in [4.69, 9.17) is 10.00 Å². The van der Waals surface area contributed by atoms with E-state index in [1.807, 2.05) is 0 Å². The summed E-state index contributed by atoms with van der Waals surface area (Å²) in [5, 5.41) is 8.54. The van der Waals surface area contributed by atoms with E-state index >= 15 is 0 Å². The second-order valence-corrected chi connectivity index (χ2v) is 4.45. The molecule has 0 amide bonds. The van der Waals surface area contributed by atoms with Crippen LogP contribution in [0.25, 0.3) is 0 Å². The van der Waals surface area contributed by atoms with Crippen molar-refractivity contribution in [2.24, 2.45) is 0 Å². The molecule has 0 saturated carbocycles. The molecule has 0 aliphatic carbocycles. The lowest BCUT2D eigenvalue weighted by molar-refractivity contribution is 0.268. The summed E-state index contributed by atoms with van der Waals surface area (Å²) in [6.07, 6.45) is 1.50. The standard InChI is InChI=1S/C8H13NO3S/c1-3-5-13(10,11)8(6-9)7-12-4-2/h7H,3-5H2,1-2H3. The number of hydrogen-bond acceptors (Lipinski definition) is 4. The number of nitrogens with zero attached hydrogens (tertiary/aromatic N) is 1. The van der Waals surface area contributed by atoms with Crippen LogP contribution in [-0.2, 0) is 14.6 Å². The fourth-order valence-corrected chi connectivity index (χ4v) is 1.82. The second-order valence-electron chi connectivity index (χ2n) is 2.37. The molecule has 0 aliphatic heterocycles. The molecule has 5 heteroatoms. The molecule has 0 saturated heterocycles. The molecule has 0 spiro atoms. The van der Waals surface area contributed by atoms with Crippen molar-refractivity contribution in [2.75, 3.05) is 12.4 Å². The van der Waals surface area contributed by atoms with Gasteiger partial charge in [-0.25, -0.2) is 8.42 Å². The maximum absolute atomic E-state index is 11.3. The third kappa shape index (κ3) is 3.95. The van der Waals surface area contributed by atoms with Crippen LogP contribution < -0.4 is 0 Å². The van der Waals surface area contributed by atoms with E-state index < -0.39 is 9.84 Å². The zero-order valence-corrected chi connectivity index (χ0v) is 8.60. The van der Waals surface area contributed by atoms with Gasteiger partial charge in [0.1, 0.15) is 12.3 Å². The van der Waals surface area contributed by atoms with Crippen LogP contribution in [0.3, 0.4) is 0 Å². The van der Waals surface area contributed by atoms with Gasteiger partial charge in [0.15, 0.2) is 14.7 Å². The van der Waals surface area contributed by atoms with Crippen LogP contribution in [-0.4, -0.2) is 20.8 Å². The lowest BCUT2D eigenvalue weighted by atomic mass is 10.6. The van der Waals surface area contributed by atoms with Crippen molar-refractivity contribution in [1.82, 2.24) is 0 Å². The Morgan fingerprint density at radius 1 is 1.54 bits per heavy atom. The van der Waals surface area contributed by atoms with Crippen LogP contribution in [0, 0.1) is 11.3 Å². The number of hydrogen-bond donors (Lipinski definition) is 0. The summed E-state index contributed by atoms with van der Waals surface area (Å²) in [4.78, 5) is -0.295. The smallest absolute Gasteiger partial charge is 0.191 e. The summed E-state index contributed by atoms with van der Waals surface area (Å²) >= 11 is 0. The molecule has 0 aromatic heterocycles.